The fourth-order valence-corrected chi connectivity index (χ4v) is 4.09. The molecule has 4 aromatic rings. The lowest BCUT2D eigenvalue weighted by Gasteiger charge is -2.17. The molecule has 0 unspecified atom stereocenters. The summed E-state index contributed by atoms with van der Waals surface area (Å²) in [5, 5.41) is 0.682. The van der Waals surface area contributed by atoms with Gasteiger partial charge in [-0.05, 0) is 54.1 Å². The largest absolute Gasteiger partial charge is 0.315 e. The summed E-state index contributed by atoms with van der Waals surface area (Å²) in [5.74, 6) is -0.599. The van der Waals surface area contributed by atoms with Gasteiger partial charge in [-0.25, -0.2) is 13.8 Å². The van der Waals surface area contributed by atoms with Crippen molar-refractivity contribution in [3.63, 3.8) is 0 Å². The summed E-state index contributed by atoms with van der Waals surface area (Å²) in [6.45, 7) is 0.447. The maximum atomic E-state index is 13.6. The zero-order valence-corrected chi connectivity index (χ0v) is 17.1. The zero-order chi connectivity index (χ0) is 21.1. The number of hydrogen-bond donors (Lipinski definition) is 0. The van der Waals surface area contributed by atoms with Crippen LogP contribution in [0.25, 0.3) is 11.0 Å². The average Bonchev–Trinajstić information content (AvgIpc) is 3.09. The Morgan fingerprint density at radius 1 is 1.00 bits per heavy atom. The molecule has 4 nitrogen and oxygen atoms in total. The van der Waals surface area contributed by atoms with E-state index in [0.29, 0.717) is 17.4 Å². The van der Waals surface area contributed by atoms with Crippen molar-refractivity contribution in [2.24, 2.45) is 0 Å². The summed E-state index contributed by atoms with van der Waals surface area (Å²) in [4.78, 5) is 18.8. The third-order valence-corrected chi connectivity index (χ3v) is 5.72. The third kappa shape index (κ3) is 4.36. The van der Waals surface area contributed by atoms with Crippen LogP contribution in [0, 0.1) is 11.6 Å². The van der Waals surface area contributed by atoms with E-state index in [9.17, 15) is 13.6 Å². The number of thioether (sulfide) groups is 1. The van der Waals surface area contributed by atoms with Gasteiger partial charge < -0.3 is 9.47 Å². The lowest BCUT2D eigenvalue weighted by atomic mass is 10.2. The van der Waals surface area contributed by atoms with Crippen molar-refractivity contribution >= 4 is 34.4 Å². The minimum absolute atomic E-state index is 0.129. The fraction of sp³-hybridized carbons (Fsp3) is 0.130. The Morgan fingerprint density at radius 3 is 2.53 bits per heavy atom. The number of nitrogens with zero attached hydrogens (tertiary/aromatic N) is 3. The molecule has 1 heterocycles. The molecule has 0 aliphatic rings. The van der Waals surface area contributed by atoms with Crippen molar-refractivity contribution in [1.82, 2.24) is 9.55 Å². The molecule has 152 valence electrons. The lowest BCUT2D eigenvalue weighted by Crippen LogP contribution is -2.28. The Hall–Kier alpha value is -3.19. The molecule has 1 aromatic heterocycles. The first-order valence-electron chi connectivity index (χ1n) is 9.36. The number of carbonyl (C=O) groups is 1. The zero-order valence-electron chi connectivity index (χ0n) is 16.3. The number of anilines is 1. The molecular weight excluding hydrogens is 404 g/mol. The maximum Gasteiger partial charge on any atom is 0.237 e. The van der Waals surface area contributed by atoms with Gasteiger partial charge in [0.05, 0.1) is 23.3 Å². The fourth-order valence-electron chi connectivity index (χ4n) is 3.17. The van der Waals surface area contributed by atoms with E-state index in [4.69, 9.17) is 0 Å². The minimum Gasteiger partial charge on any atom is -0.315 e. The maximum absolute atomic E-state index is 13.6. The van der Waals surface area contributed by atoms with E-state index < -0.39 is 0 Å². The summed E-state index contributed by atoms with van der Waals surface area (Å²) in [6, 6.07) is 19.9. The van der Waals surface area contributed by atoms with Crippen molar-refractivity contribution in [2.45, 2.75) is 11.7 Å². The van der Waals surface area contributed by atoms with Gasteiger partial charge >= 0.3 is 0 Å². The summed E-state index contributed by atoms with van der Waals surface area (Å²) < 4.78 is 28.7. The number of amides is 1. The van der Waals surface area contributed by atoms with Crippen LogP contribution in [-0.2, 0) is 11.3 Å². The van der Waals surface area contributed by atoms with Crippen LogP contribution in [0.4, 0.5) is 14.5 Å². The van der Waals surface area contributed by atoms with Gasteiger partial charge in [-0.2, -0.15) is 0 Å². The van der Waals surface area contributed by atoms with Crippen molar-refractivity contribution in [3.8, 4) is 0 Å². The number of imidazole rings is 1. The highest BCUT2D eigenvalue weighted by Gasteiger charge is 2.16. The average molecular weight is 423 g/mol. The Bertz CT molecular complexity index is 1190. The Morgan fingerprint density at radius 2 is 1.77 bits per heavy atom. The second kappa shape index (κ2) is 8.67. The number of hydrogen-bond acceptors (Lipinski definition) is 3. The number of halogens is 2. The summed E-state index contributed by atoms with van der Waals surface area (Å²) in [7, 11) is 1.66. The third-order valence-electron chi connectivity index (χ3n) is 4.76. The molecule has 0 aliphatic carbocycles. The Balaban J connectivity index is 1.56. The van der Waals surface area contributed by atoms with Crippen LogP contribution in [0.1, 0.15) is 5.56 Å². The van der Waals surface area contributed by atoms with Crippen molar-refractivity contribution < 1.29 is 13.6 Å². The molecule has 0 bridgehead atoms. The summed E-state index contributed by atoms with van der Waals surface area (Å²) >= 11 is 1.32. The molecule has 30 heavy (non-hydrogen) atoms. The first-order valence-corrected chi connectivity index (χ1v) is 10.3. The second-order valence-corrected chi connectivity index (χ2v) is 7.76. The SMILES string of the molecule is CN(C(=O)CSc1nc2ccccc2n1Cc1cccc(F)c1)c1ccc(F)cc1. The number of fused-ring (bicyclic) bond motifs is 1. The van der Waals surface area contributed by atoms with Gasteiger partial charge in [0.25, 0.3) is 0 Å². The van der Waals surface area contributed by atoms with Crippen LogP contribution in [0.3, 0.4) is 0 Å². The molecule has 4 rings (SSSR count). The first-order chi connectivity index (χ1) is 14.5. The predicted octanol–water partition coefficient (Wildman–Crippen LogP) is 5.12. The number of carbonyl (C=O) groups excluding carboxylic acids is 1. The van der Waals surface area contributed by atoms with E-state index in [1.165, 1.54) is 40.9 Å². The van der Waals surface area contributed by atoms with Gasteiger partial charge in [-0.1, -0.05) is 36.0 Å². The van der Waals surface area contributed by atoms with Gasteiger partial charge in [-0.3, -0.25) is 4.79 Å². The molecule has 0 spiro atoms. The molecule has 0 saturated carbocycles. The van der Waals surface area contributed by atoms with Crippen LogP contribution in [0.2, 0.25) is 0 Å². The van der Waals surface area contributed by atoms with Gasteiger partial charge in [0.1, 0.15) is 11.6 Å². The number of aromatic nitrogens is 2. The highest BCUT2D eigenvalue weighted by molar-refractivity contribution is 7.99. The normalized spacial score (nSPS) is 11.0. The van der Waals surface area contributed by atoms with Crippen molar-refractivity contribution in [3.05, 3.63) is 90.0 Å². The molecule has 0 aliphatic heterocycles. The summed E-state index contributed by atoms with van der Waals surface area (Å²) in [6.07, 6.45) is 0. The highest BCUT2D eigenvalue weighted by atomic mass is 32.2. The van der Waals surface area contributed by atoms with E-state index in [1.807, 2.05) is 34.9 Å². The molecule has 7 heteroatoms. The van der Waals surface area contributed by atoms with E-state index in [1.54, 1.807) is 25.2 Å². The topological polar surface area (TPSA) is 38.1 Å². The molecule has 0 radical (unpaired) electrons. The molecule has 1 amide bonds. The van der Waals surface area contributed by atoms with Crippen LogP contribution in [0.15, 0.2) is 78.0 Å². The predicted molar refractivity (Wildman–Crippen MR) is 116 cm³/mol. The van der Waals surface area contributed by atoms with Gasteiger partial charge in [0.15, 0.2) is 5.16 Å². The van der Waals surface area contributed by atoms with Gasteiger partial charge in [0.2, 0.25) is 5.91 Å². The van der Waals surface area contributed by atoms with E-state index in [0.717, 1.165) is 16.6 Å². The van der Waals surface area contributed by atoms with Crippen LogP contribution in [-0.4, -0.2) is 28.3 Å². The first kappa shape index (κ1) is 20.1. The van der Waals surface area contributed by atoms with Gasteiger partial charge in [-0.15, -0.1) is 0 Å². The van der Waals surface area contributed by atoms with E-state index in [-0.39, 0.29) is 23.3 Å². The van der Waals surface area contributed by atoms with Crippen molar-refractivity contribution in [1.29, 1.82) is 0 Å². The second-order valence-electron chi connectivity index (χ2n) is 6.82. The van der Waals surface area contributed by atoms with Crippen LogP contribution >= 0.6 is 11.8 Å². The van der Waals surface area contributed by atoms with E-state index in [2.05, 4.69) is 4.98 Å². The number of para-hydroxylation sites is 2. The minimum atomic E-state index is -0.347. The molecule has 0 atom stereocenters. The summed E-state index contributed by atoms with van der Waals surface area (Å²) in [5.41, 5.74) is 3.17. The Kier molecular flexibility index (Phi) is 5.81. The van der Waals surface area contributed by atoms with Crippen molar-refractivity contribution in [2.75, 3.05) is 17.7 Å². The smallest absolute Gasteiger partial charge is 0.237 e. The standard InChI is InChI=1S/C23H19F2N3OS/c1-27(19-11-9-17(24)10-12-19)22(29)15-30-23-26-20-7-2-3-8-21(20)28(23)14-16-5-4-6-18(25)13-16/h2-13H,14-15H2,1H3. The quantitative estimate of drug-likeness (QED) is 0.404. The number of rotatable bonds is 6. The molecule has 0 N–H and O–H groups in total. The van der Waals surface area contributed by atoms with Crippen LogP contribution < -0.4 is 4.90 Å². The van der Waals surface area contributed by atoms with Crippen LogP contribution in [0.5, 0.6) is 0 Å². The van der Waals surface area contributed by atoms with E-state index >= 15 is 0 Å². The molecule has 3 aromatic carbocycles. The Labute approximate surface area is 177 Å². The van der Waals surface area contributed by atoms with Gasteiger partial charge in [0, 0.05) is 12.7 Å². The lowest BCUT2D eigenvalue weighted by molar-refractivity contribution is -0.115. The highest BCUT2D eigenvalue weighted by Crippen LogP contribution is 2.26. The monoisotopic (exact) mass is 423 g/mol. The molecular formula is C23H19F2N3OS. The molecule has 0 saturated heterocycles. The number of benzene rings is 3. The molecule has 0 fully saturated rings.